The number of aliphatic hydroxyl groups excluding tert-OH is 2. The monoisotopic (exact) mass is 572 g/mol. The lowest BCUT2D eigenvalue weighted by molar-refractivity contribution is -0.144. The molecule has 1 saturated heterocycles. The van der Waals surface area contributed by atoms with Crippen LogP contribution in [0.5, 0.6) is 0 Å². The van der Waals surface area contributed by atoms with Crippen molar-refractivity contribution in [2.45, 2.75) is 97.4 Å². The third-order valence-corrected chi connectivity index (χ3v) is 8.25. The molecular weight excluding hydrogens is 528 g/mol. The van der Waals surface area contributed by atoms with E-state index in [2.05, 4.69) is 15.6 Å². The molecule has 2 aromatic rings. The Kier molecular flexibility index (Phi) is 11.7. The van der Waals surface area contributed by atoms with Crippen molar-refractivity contribution >= 4 is 29.1 Å². The highest BCUT2D eigenvalue weighted by atomic mass is 32.1. The van der Waals surface area contributed by atoms with Gasteiger partial charge in [-0.15, -0.1) is 11.3 Å². The Morgan fingerprint density at radius 3 is 2.40 bits per heavy atom. The van der Waals surface area contributed by atoms with Gasteiger partial charge >= 0.3 is 0 Å². The minimum absolute atomic E-state index is 0.0487. The fourth-order valence-corrected chi connectivity index (χ4v) is 5.75. The van der Waals surface area contributed by atoms with Gasteiger partial charge in [0.05, 0.1) is 22.2 Å². The molecular formula is C30H44N4O5S. The minimum atomic E-state index is -0.822. The molecule has 1 aliphatic heterocycles. The molecule has 3 unspecified atom stereocenters. The molecule has 3 amide bonds. The molecule has 0 radical (unpaired) electrons. The van der Waals surface area contributed by atoms with Crippen molar-refractivity contribution in [1.29, 1.82) is 0 Å². The summed E-state index contributed by atoms with van der Waals surface area (Å²) in [5, 5.41) is 25.1. The van der Waals surface area contributed by atoms with E-state index in [9.17, 15) is 19.5 Å². The van der Waals surface area contributed by atoms with Gasteiger partial charge in [0.15, 0.2) is 0 Å². The van der Waals surface area contributed by atoms with E-state index in [4.69, 9.17) is 5.11 Å². The van der Waals surface area contributed by atoms with E-state index in [1.807, 2.05) is 57.5 Å². The molecule has 0 spiro atoms. The maximum absolute atomic E-state index is 13.7. The van der Waals surface area contributed by atoms with E-state index < -0.39 is 23.6 Å². The fourth-order valence-electron chi connectivity index (χ4n) is 4.94. The molecule has 0 bridgehead atoms. The first kappa shape index (κ1) is 31.7. The Morgan fingerprint density at radius 2 is 1.77 bits per heavy atom. The van der Waals surface area contributed by atoms with Gasteiger partial charge in [-0.3, -0.25) is 14.4 Å². The first-order chi connectivity index (χ1) is 19.0. The third-order valence-electron chi connectivity index (χ3n) is 7.27. The second-order valence-corrected chi connectivity index (χ2v) is 12.5. The number of nitrogens with zero attached hydrogens (tertiary/aromatic N) is 2. The lowest BCUT2D eigenvalue weighted by Crippen LogP contribution is -2.57. The molecule has 1 fully saturated rings. The van der Waals surface area contributed by atoms with Gasteiger partial charge in [0.2, 0.25) is 17.7 Å². The Labute approximate surface area is 241 Å². The van der Waals surface area contributed by atoms with Crippen molar-refractivity contribution in [1.82, 2.24) is 20.5 Å². The number of β-amino-alcohol motifs (C(OH)–C–C–N with tert-alkyl or cyclic N) is 1. The largest absolute Gasteiger partial charge is 0.396 e. The Bertz CT molecular complexity index is 1130. The summed E-state index contributed by atoms with van der Waals surface area (Å²) in [6, 6.07) is 6.29. The van der Waals surface area contributed by atoms with Crippen LogP contribution < -0.4 is 10.6 Å². The van der Waals surface area contributed by atoms with Gasteiger partial charge in [-0.25, -0.2) is 4.98 Å². The molecule has 0 saturated carbocycles. The molecule has 220 valence electrons. The molecule has 1 aromatic heterocycles. The number of unbranched alkanes of at least 4 members (excludes halogenated alkanes) is 4. The van der Waals surface area contributed by atoms with Crippen molar-refractivity contribution in [3.63, 3.8) is 0 Å². The molecule has 3 atom stereocenters. The SMILES string of the molecule is Cc1ncsc1-c1ccc(CNC(=O)C2CC(O)CN2C(=O)C(NC(=O)CCCCCCCO)C(C)(C)C)cc1. The number of amides is 3. The summed E-state index contributed by atoms with van der Waals surface area (Å²) in [5.41, 5.74) is 4.21. The zero-order chi connectivity index (χ0) is 29.3. The molecule has 10 heteroatoms. The number of nitrogens with one attached hydrogen (secondary N) is 2. The highest BCUT2D eigenvalue weighted by Crippen LogP contribution is 2.28. The zero-order valence-electron chi connectivity index (χ0n) is 24.1. The van der Waals surface area contributed by atoms with Crippen LogP contribution in [0, 0.1) is 12.3 Å². The van der Waals surface area contributed by atoms with E-state index in [1.165, 1.54) is 4.90 Å². The normalized spacial score (nSPS) is 18.0. The van der Waals surface area contributed by atoms with Crippen LogP contribution in [0.1, 0.15) is 77.0 Å². The topological polar surface area (TPSA) is 132 Å². The van der Waals surface area contributed by atoms with Crippen LogP contribution in [0.15, 0.2) is 29.8 Å². The van der Waals surface area contributed by atoms with E-state index >= 15 is 0 Å². The smallest absolute Gasteiger partial charge is 0.246 e. The van der Waals surface area contributed by atoms with E-state index in [1.54, 1.807) is 11.3 Å². The van der Waals surface area contributed by atoms with Crippen LogP contribution >= 0.6 is 11.3 Å². The molecule has 40 heavy (non-hydrogen) atoms. The summed E-state index contributed by atoms with van der Waals surface area (Å²) in [7, 11) is 0. The molecule has 3 rings (SSSR count). The van der Waals surface area contributed by atoms with Crippen molar-refractivity contribution in [2.24, 2.45) is 5.41 Å². The molecule has 1 aliphatic rings. The van der Waals surface area contributed by atoms with Gasteiger partial charge < -0.3 is 25.7 Å². The number of carbonyl (C=O) groups is 3. The Hall–Kier alpha value is -2.82. The maximum Gasteiger partial charge on any atom is 0.246 e. The van der Waals surface area contributed by atoms with Crippen LogP contribution in [0.4, 0.5) is 0 Å². The highest BCUT2D eigenvalue weighted by molar-refractivity contribution is 7.13. The third kappa shape index (κ3) is 8.84. The molecule has 1 aromatic carbocycles. The molecule has 0 aliphatic carbocycles. The number of aryl methyl sites for hydroxylation is 1. The van der Waals surface area contributed by atoms with Crippen LogP contribution in [-0.4, -0.2) is 69.2 Å². The fraction of sp³-hybridized carbons (Fsp3) is 0.600. The number of aliphatic hydroxyl groups is 2. The van der Waals surface area contributed by atoms with Crippen molar-refractivity contribution in [2.75, 3.05) is 13.2 Å². The van der Waals surface area contributed by atoms with Crippen LogP contribution in [0.2, 0.25) is 0 Å². The standard InChI is InChI=1S/C30H44N4O5S/c1-20-26(40-19-32-20)22-13-11-21(12-14-22)17-31-28(38)24-16-23(36)18-34(24)29(39)27(30(2,3)4)33-25(37)10-8-6-5-7-9-15-35/h11-14,19,23-24,27,35-36H,5-10,15-18H2,1-4H3,(H,31,38)(H,33,37). The van der Waals surface area contributed by atoms with Crippen molar-refractivity contribution < 1.29 is 24.6 Å². The van der Waals surface area contributed by atoms with Gasteiger partial charge in [0, 0.05) is 32.5 Å². The van der Waals surface area contributed by atoms with Gasteiger partial charge in [-0.2, -0.15) is 0 Å². The quantitative estimate of drug-likeness (QED) is 0.272. The number of thiazole rings is 1. The predicted octanol–water partition coefficient (Wildman–Crippen LogP) is 3.56. The second-order valence-electron chi connectivity index (χ2n) is 11.7. The number of carbonyl (C=O) groups excluding carboxylic acids is 3. The van der Waals surface area contributed by atoms with Crippen molar-refractivity contribution in [3.8, 4) is 10.4 Å². The number of aromatic nitrogens is 1. The summed E-state index contributed by atoms with van der Waals surface area (Å²) in [5.74, 6) is -0.882. The van der Waals surface area contributed by atoms with Crippen LogP contribution in [-0.2, 0) is 20.9 Å². The zero-order valence-corrected chi connectivity index (χ0v) is 24.9. The summed E-state index contributed by atoms with van der Waals surface area (Å²) in [6.07, 6.45) is 3.90. The first-order valence-corrected chi connectivity index (χ1v) is 15.0. The Morgan fingerprint density at radius 1 is 1.10 bits per heavy atom. The van der Waals surface area contributed by atoms with E-state index in [-0.39, 0.29) is 37.3 Å². The van der Waals surface area contributed by atoms with E-state index in [0.29, 0.717) is 19.4 Å². The average molecular weight is 573 g/mol. The maximum atomic E-state index is 13.7. The predicted molar refractivity (Wildman–Crippen MR) is 156 cm³/mol. The van der Waals surface area contributed by atoms with Gasteiger partial charge in [-0.1, -0.05) is 64.3 Å². The van der Waals surface area contributed by atoms with Gasteiger partial charge in [0.25, 0.3) is 0 Å². The summed E-state index contributed by atoms with van der Waals surface area (Å²) < 4.78 is 0. The van der Waals surface area contributed by atoms with Gasteiger partial charge in [-0.05, 0) is 36.3 Å². The number of hydrogen-bond acceptors (Lipinski definition) is 7. The van der Waals surface area contributed by atoms with Crippen molar-refractivity contribution in [3.05, 3.63) is 41.0 Å². The highest BCUT2D eigenvalue weighted by Gasteiger charge is 2.44. The second kappa shape index (κ2) is 14.7. The lowest BCUT2D eigenvalue weighted by Gasteiger charge is -2.35. The van der Waals surface area contributed by atoms with Crippen LogP contribution in [0.3, 0.4) is 0 Å². The summed E-state index contributed by atoms with van der Waals surface area (Å²) in [4.78, 5) is 46.4. The minimum Gasteiger partial charge on any atom is -0.396 e. The number of hydrogen-bond donors (Lipinski definition) is 4. The number of likely N-dealkylation sites (tertiary alicyclic amines) is 1. The molecule has 9 nitrogen and oxygen atoms in total. The van der Waals surface area contributed by atoms with Gasteiger partial charge in [0.1, 0.15) is 12.1 Å². The van der Waals surface area contributed by atoms with Crippen LogP contribution in [0.25, 0.3) is 10.4 Å². The molecule has 4 N–H and O–H groups in total. The lowest BCUT2D eigenvalue weighted by atomic mass is 9.85. The molecule has 2 heterocycles. The summed E-state index contributed by atoms with van der Waals surface area (Å²) >= 11 is 1.59. The summed E-state index contributed by atoms with van der Waals surface area (Å²) in [6.45, 7) is 8.14. The number of benzene rings is 1. The first-order valence-electron chi connectivity index (χ1n) is 14.2. The van der Waals surface area contributed by atoms with E-state index in [0.717, 1.165) is 47.4 Å². The number of rotatable bonds is 13. The average Bonchev–Trinajstić information content (AvgIpc) is 3.52. The Balaban J connectivity index is 1.59.